The average Bonchev–Trinajstić information content (AvgIpc) is 2.45. The van der Waals surface area contributed by atoms with E-state index in [0.717, 1.165) is 42.4 Å². The second kappa shape index (κ2) is 9.19. The van der Waals surface area contributed by atoms with E-state index in [1.54, 1.807) is 12.2 Å². The van der Waals surface area contributed by atoms with Crippen LogP contribution >= 0.6 is 0 Å². The van der Waals surface area contributed by atoms with Crippen LogP contribution in [-0.2, 0) is 28.9 Å². The quantitative estimate of drug-likeness (QED) is 0.502. The molecule has 0 amide bonds. The summed E-state index contributed by atoms with van der Waals surface area (Å²) in [5.41, 5.74) is 4.21. The Morgan fingerprint density at radius 1 is 0.913 bits per heavy atom. The van der Waals surface area contributed by atoms with E-state index < -0.39 is 0 Å². The van der Waals surface area contributed by atoms with Crippen molar-refractivity contribution in [1.29, 1.82) is 0 Å². The molecule has 0 aliphatic rings. The predicted molar refractivity (Wildman–Crippen MR) is 93.1 cm³/mol. The molecular weight excluding hydrogens is 288 g/mol. The summed E-state index contributed by atoms with van der Waals surface area (Å²) in [7, 11) is 0. The van der Waals surface area contributed by atoms with Crippen molar-refractivity contribution in [1.82, 2.24) is 0 Å². The number of aliphatic imine (C=N–C) groups is 2. The van der Waals surface area contributed by atoms with Gasteiger partial charge in [-0.15, -0.1) is 0 Å². The first kappa shape index (κ1) is 19.0. The van der Waals surface area contributed by atoms with Gasteiger partial charge in [-0.05, 0) is 42.2 Å². The number of benzene rings is 1. The van der Waals surface area contributed by atoms with Crippen LogP contribution < -0.4 is 0 Å². The van der Waals surface area contributed by atoms with Crippen LogP contribution in [0.4, 0.5) is 11.4 Å². The molecule has 0 bridgehead atoms. The molecule has 0 fully saturated rings. The van der Waals surface area contributed by atoms with Crippen LogP contribution in [0.5, 0.6) is 0 Å². The topological polar surface area (TPSA) is 58.9 Å². The Balaban J connectivity index is 3.72. The van der Waals surface area contributed by atoms with Gasteiger partial charge in [-0.2, -0.15) is 9.98 Å². The Hall–Kier alpha value is -2.02. The average molecular weight is 314 g/mol. The predicted octanol–water partition coefficient (Wildman–Crippen LogP) is 4.97. The number of nitrogens with zero attached hydrogens (tertiary/aromatic N) is 2. The molecule has 0 saturated heterocycles. The van der Waals surface area contributed by atoms with Crippen LogP contribution in [0.25, 0.3) is 0 Å². The Bertz CT molecular complexity index is 585. The maximum atomic E-state index is 10.9. The van der Waals surface area contributed by atoms with Crippen molar-refractivity contribution in [2.45, 2.75) is 60.3 Å². The van der Waals surface area contributed by atoms with E-state index >= 15 is 0 Å². The van der Waals surface area contributed by atoms with Crippen molar-refractivity contribution < 1.29 is 9.59 Å². The van der Waals surface area contributed by atoms with Crippen LogP contribution in [0.15, 0.2) is 16.1 Å². The van der Waals surface area contributed by atoms with Crippen LogP contribution in [0.1, 0.15) is 57.7 Å². The lowest BCUT2D eigenvalue weighted by molar-refractivity contribution is 0.564. The minimum Gasteiger partial charge on any atom is -0.211 e. The van der Waals surface area contributed by atoms with Crippen molar-refractivity contribution in [3.63, 3.8) is 0 Å². The molecule has 0 radical (unpaired) electrons. The highest BCUT2D eigenvalue weighted by Gasteiger charge is 2.19. The van der Waals surface area contributed by atoms with Crippen molar-refractivity contribution >= 4 is 23.5 Å². The first-order chi connectivity index (χ1) is 10.9. The van der Waals surface area contributed by atoms with E-state index in [1.807, 2.05) is 6.07 Å². The lowest BCUT2D eigenvalue weighted by Crippen LogP contribution is -2.03. The van der Waals surface area contributed by atoms with Gasteiger partial charge in [0.05, 0.1) is 11.4 Å². The molecule has 0 aliphatic heterocycles. The third-order valence-electron chi connectivity index (χ3n) is 3.60. The molecule has 23 heavy (non-hydrogen) atoms. The zero-order chi connectivity index (χ0) is 17.4. The van der Waals surface area contributed by atoms with Gasteiger partial charge in [-0.3, -0.25) is 0 Å². The normalized spacial score (nSPS) is 10.6. The number of hydrogen-bond acceptors (Lipinski definition) is 4. The largest absolute Gasteiger partial charge is 0.240 e. The van der Waals surface area contributed by atoms with Crippen LogP contribution in [0, 0.1) is 11.8 Å². The maximum absolute atomic E-state index is 10.9. The van der Waals surface area contributed by atoms with Gasteiger partial charge in [0.2, 0.25) is 12.2 Å². The van der Waals surface area contributed by atoms with Gasteiger partial charge in [0.15, 0.2) is 0 Å². The Morgan fingerprint density at radius 3 is 1.65 bits per heavy atom. The highest BCUT2D eigenvalue weighted by molar-refractivity contribution is 5.72. The number of rotatable bonds is 8. The van der Waals surface area contributed by atoms with Crippen molar-refractivity contribution in [2.75, 3.05) is 0 Å². The van der Waals surface area contributed by atoms with E-state index in [4.69, 9.17) is 0 Å². The second-order valence-corrected chi connectivity index (χ2v) is 6.72. The van der Waals surface area contributed by atoms with Gasteiger partial charge in [0.25, 0.3) is 0 Å². The first-order valence-corrected chi connectivity index (χ1v) is 8.27. The number of carbonyl (C=O) groups excluding carboxylic acids is 2. The van der Waals surface area contributed by atoms with E-state index in [1.165, 1.54) is 0 Å². The summed E-state index contributed by atoms with van der Waals surface area (Å²) in [4.78, 5) is 29.7. The third-order valence-corrected chi connectivity index (χ3v) is 3.60. The number of isocyanates is 2. The van der Waals surface area contributed by atoms with Gasteiger partial charge >= 0.3 is 0 Å². The zero-order valence-corrected chi connectivity index (χ0v) is 14.8. The fourth-order valence-electron chi connectivity index (χ4n) is 2.89. The Kier molecular flexibility index (Phi) is 7.61. The van der Waals surface area contributed by atoms with Crippen molar-refractivity contribution in [3.05, 3.63) is 22.8 Å². The van der Waals surface area contributed by atoms with Gasteiger partial charge in [-0.1, -0.05) is 47.1 Å². The fourth-order valence-corrected chi connectivity index (χ4v) is 2.89. The smallest absolute Gasteiger partial charge is 0.211 e. The molecule has 0 N–H and O–H groups in total. The van der Waals surface area contributed by atoms with Crippen LogP contribution in [0.3, 0.4) is 0 Å². The van der Waals surface area contributed by atoms with E-state index in [9.17, 15) is 9.59 Å². The lowest BCUT2D eigenvalue weighted by Gasteiger charge is -2.18. The second-order valence-electron chi connectivity index (χ2n) is 6.72. The molecule has 0 atom stereocenters. The standard InChI is InChI=1S/C19H26N2O2/c1-6-7-17-18(20-11-22)15(8-13(2)3)10-16(9-14(4)5)19(17)21-12-23/h10,13-14H,6-9H2,1-5H3. The maximum Gasteiger partial charge on any atom is 0.240 e. The third kappa shape index (κ3) is 5.28. The molecule has 0 unspecified atom stereocenters. The Labute approximate surface area is 138 Å². The zero-order valence-electron chi connectivity index (χ0n) is 14.8. The molecule has 4 nitrogen and oxygen atoms in total. The lowest BCUT2D eigenvalue weighted by atomic mass is 9.89. The van der Waals surface area contributed by atoms with Gasteiger partial charge in [0, 0.05) is 5.56 Å². The minimum atomic E-state index is 0.442. The summed E-state index contributed by atoms with van der Waals surface area (Å²) >= 11 is 0. The van der Waals surface area contributed by atoms with Gasteiger partial charge in [-0.25, -0.2) is 9.59 Å². The van der Waals surface area contributed by atoms with E-state index in [2.05, 4.69) is 44.6 Å². The molecule has 0 aromatic heterocycles. The molecule has 0 spiro atoms. The van der Waals surface area contributed by atoms with Gasteiger partial charge in [0.1, 0.15) is 0 Å². The summed E-state index contributed by atoms with van der Waals surface area (Å²) in [5.74, 6) is 0.884. The van der Waals surface area contributed by atoms with E-state index in [0.29, 0.717) is 23.2 Å². The summed E-state index contributed by atoms with van der Waals surface area (Å²) < 4.78 is 0. The molecule has 4 heteroatoms. The van der Waals surface area contributed by atoms with Crippen molar-refractivity contribution in [3.8, 4) is 0 Å². The summed E-state index contributed by atoms with van der Waals surface area (Å²) in [6.07, 6.45) is 6.58. The molecule has 124 valence electrons. The minimum absolute atomic E-state index is 0.442. The molecule has 0 heterocycles. The summed E-state index contributed by atoms with van der Waals surface area (Å²) in [5, 5.41) is 0. The molecule has 1 aromatic carbocycles. The molecule has 0 aliphatic carbocycles. The van der Waals surface area contributed by atoms with Crippen LogP contribution in [-0.4, -0.2) is 12.2 Å². The SMILES string of the molecule is CCCc1c(N=C=O)c(CC(C)C)cc(CC(C)C)c1N=C=O. The highest BCUT2D eigenvalue weighted by Crippen LogP contribution is 2.39. The monoisotopic (exact) mass is 314 g/mol. The number of hydrogen-bond donors (Lipinski definition) is 0. The summed E-state index contributed by atoms with van der Waals surface area (Å²) in [6, 6.07) is 2.05. The first-order valence-electron chi connectivity index (χ1n) is 8.27. The Morgan fingerprint density at radius 2 is 1.35 bits per heavy atom. The van der Waals surface area contributed by atoms with Crippen molar-refractivity contribution in [2.24, 2.45) is 21.8 Å². The molecule has 0 saturated carbocycles. The van der Waals surface area contributed by atoms with E-state index in [-0.39, 0.29) is 0 Å². The molecular formula is C19H26N2O2. The fraction of sp³-hybridized carbons (Fsp3) is 0.579. The highest BCUT2D eigenvalue weighted by atomic mass is 16.1. The van der Waals surface area contributed by atoms with Crippen LogP contribution in [0.2, 0.25) is 0 Å². The summed E-state index contributed by atoms with van der Waals surface area (Å²) in [6.45, 7) is 10.6. The molecule has 1 rings (SSSR count). The molecule has 1 aromatic rings. The van der Waals surface area contributed by atoms with Gasteiger partial charge < -0.3 is 0 Å².